The van der Waals surface area contributed by atoms with Gasteiger partial charge in [0.05, 0.1) is 0 Å². The second-order valence-corrected chi connectivity index (χ2v) is 9.89. The summed E-state index contributed by atoms with van der Waals surface area (Å²) in [5.74, 6) is 2.73. The number of hydrogen-bond acceptors (Lipinski definition) is 5. The van der Waals surface area contributed by atoms with Crippen LogP contribution in [-0.4, -0.2) is 40.9 Å². The third-order valence-electron chi connectivity index (χ3n) is 7.19. The zero-order chi connectivity index (χ0) is 24.5. The number of hydrogen-bond donors (Lipinski definition) is 2. The van der Waals surface area contributed by atoms with E-state index < -0.39 is 0 Å². The van der Waals surface area contributed by atoms with Gasteiger partial charge in [0.25, 0.3) is 0 Å². The molecule has 3 atom stereocenters. The van der Waals surface area contributed by atoms with Gasteiger partial charge in [-0.25, -0.2) is 0 Å². The van der Waals surface area contributed by atoms with E-state index in [4.69, 9.17) is 9.47 Å². The maximum Gasteiger partial charge on any atom is 0.150 e. The molecule has 0 spiro atoms. The minimum Gasteiger partial charge on any atom is -0.508 e. The number of ether oxygens (including phenoxy) is 2. The Kier molecular flexibility index (Phi) is 6.44. The molecule has 182 valence electrons. The number of benzene rings is 3. The molecular formula is C30H33NO4. The van der Waals surface area contributed by atoms with Gasteiger partial charge in [-0.2, -0.15) is 0 Å². The number of phenolic OH excluding ortho intramolecular Hbond substituents is 2. The monoisotopic (exact) mass is 471 g/mol. The maximum atomic E-state index is 10.1. The molecule has 5 rings (SSSR count). The number of fused-ring (bicyclic) bond motifs is 1. The standard InChI is InChI=1S/C30H33NO4/c1-19-13-14-31(17-19)20(2)18-34-26-10-7-22(8-11-26)30-29(23-5-4-6-24(32)15-23)21(3)27-16-25(33)9-12-28(27)35-30/h4-12,15-16,19-20,30,32-33H,13-14,17-18H2,1-3H3/t19?,20?,30-/m1/s1. The Morgan fingerprint density at radius 3 is 2.51 bits per heavy atom. The molecule has 5 nitrogen and oxygen atoms in total. The van der Waals surface area contributed by atoms with E-state index in [0.29, 0.717) is 12.6 Å². The normalized spacial score (nSPS) is 20.9. The van der Waals surface area contributed by atoms with Gasteiger partial charge in [0.2, 0.25) is 0 Å². The van der Waals surface area contributed by atoms with Crippen molar-refractivity contribution >= 4 is 11.1 Å². The van der Waals surface area contributed by atoms with Crippen molar-refractivity contribution in [1.29, 1.82) is 0 Å². The fourth-order valence-corrected chi connectivity index (χ4v) is 5.15. The summed E-state index contributed by atoms with van der Waals surface area (Å²) in [6.45, 7) is 9.52. The van der Waals surface area contributed by atoms with Crippen LogP contribution >= 0.6 is 0 Å². The van der Waals surface area contributed by atoms with Crippen LogP contribution in [0.3, 0.4) is 0 Å². The van der Waals surface area contributed by atoms with Crippen LogP contribution in [0.25, 0.3) is 11.1 Å². The molecule has 0 aromatic heterocycles. The van der Waals surface area contributed by atoms with Gasteiger partial charge in [0.15, 0.2) is 0 Å². The van der Waals surface area contributed by atoms with Gasteiger partial charge >= 0.3 is 0 Å². The molecule has 0 radical (unpaired) electrons. The highest BCUT2D eigenvalue weighted by atomic mass is 16.5. The number of nitrogens with zero attached hydrogens (tertiary/aromatic N) is 1. The molecular weight excluding hydrogens is 438 g/mol. The summed E-state index contributed by atoms with van der Waals surface area (Å²) >= 11 is 0. The molecule has 0 amide bonds. The minimum absolute atomic E-state index is 0.194. The molecule has 2 heterocycles. The van der Waals surface area contributed by atoms with E-state index in [1.807, 2.05) is 43.3 Å². The van der Waals surface area contributed by atoms with Crippen LogP contribution in [0.5, 0.6) is 23.0 Å². The summed E-state index contributed by atoms with van der Waals surface area (Å²) in [7, 11) is 0. The van der Waals surface area contributed by atoms with E-state index >= 15 is 0 Å². The molecule has 0 aliphatic carbocycles. The quantitative estimate of drug-likeness (QED) is 0.444. The lowest BCUT2D eigenvalue weighted by molar-refractivity contribution is 0.169. The van der Waals surface area contributed by atoms with E-state index in [9.17, 15) is 10.2 Å². The van der Waals surface area contributed by atoms with E-state index in [1.54, 1.807) is 30.3 Å². The molecule has 0 saturated carbocycles. The highest BCUT2D eigenvalue weighted by Crippen LogP contribution is 2.47. The molecule has 35 heavy (non-hydrogen) atoms. The van der Waals surface area contributed by atoms with Crippen LogP contribution < -0.4 is 9.47 Å². The molecule has 3 aromatic rings. The molecule has 0 bridgehead atoms. The van der Waals surface area contributed by atoms with E-state index in [-0.39, 0.29) is 17.6 Å². The lowest BCUT2D eigenvalue weighted by Crippen LogP contribution is -2.35. The van der Waals surface area contributed by atoms with Crippen molar-refractivity contribution in [2.75, 3.05) is 19.7 Å². The van der Waals surface area contributed by atoms with Crippen molar-refractivity contribution in [2.45, 2.75) is 39.3 Å². The van der Waals surface area contributed by atoms with Gasteiger partial charge in [-0.05, 0) is 91.9 Å². The predicted octanol–water partition coefficient (Wildman–Crippen LogP) is 6.27. The number of likely N-dealkylation sites (tertiary alicyclic amines) is 1. The van der Waals surface area contributed by atoms with Crippen LogP contribution in [0.1, 0.15) is 50.0 Å². The summed E-state index contributed by atoms with van der Waals surface area (Å²) < 4.78 is 12.6. The lowest BCUT2D eigenvalue weighted by Gasteiger charge is -2.31. The zero-order valence-electron chi connectivity index (χ0n) is 20.6. The number of aromatic hydroxyl groups is 2. The first-order chi connectivity index (χ1) is 16.9. The fraction of sp³-hybridized carbons (Fsp3) is 0.333. The number of rotatable bonds is 6. The third-order valence-corrected chi connectivity index (χ3v) is 7.19. The van der Waals surface area contributed by atoms with Gasteiger partial charge in [0.1, 0.15) is 35.7 Å². The third kappa shape index (κ3) is 4.87. The Labute approximate surface area is 207 Å². The largest absolute Gasteiger partial charge is 0.508 e. The van der Waals surface area contributed by atoms with Crippen molar-refractivity contribution in [3.05, 3.63) is 83.4 Å². The molecule has 3 aromatic carbocycles. The summed E-state index contributed by atoms with van der Waals surface area (Å²) in [6.07, 6.45) is 0.908. The van der Waals surface area contributed by atoms with E-state index in [1.165, 1.54) is 6.42 Å². The first kappa shape index (κ1) is 23.3. The SMILES string of the molecule is CC1=C(c2cccc(O)c2)[C@@H](c2ccc(OCC(C)N3CCC(C)C3)cc2)Oc2ccc(O)cc21. The number of phenols is 2. The van der Waals surface area contributed by atoms with Crippen LogP contribution in [0.15, 0.2) is 66.7 Å². The Morgan fingerprint density at radius 1 is 1.03 bits per heavy atom. The molecule has 2 aliphatic rings. The Morgan fingerprint density at radius 2 is 1.80 bits per heavy atom. The smallest absolute Gasteiger partial charge is 0.150 e. The molecule has 5 heteroatoms. The summed E-state index contributed by atoms with van der Waals surface area (Å²) in [6, 6.07) is 20.9. The molecule has 2 unspecified atom stereocenters. The maximum absolute atomic E-state index is 10.1. The second kappa shape index (κ2) is 9.67. The molecule has 2 N–H and O–H groups in total. The van der Waals surface area contributed by atoms with Crippen molar-refractivity contribution in [2.24, 2.45) is 5.92 Å². The number of allylic oxidation sites excluding steroid dienone is 1. The second-order valence-electron chi connectivity index (χ2n) is 9.89. The summed E-state index contributed by atoms with van der Waals surface area (Å²) in [5.41, 5.74) is 4.70. The minimum atomic E-state index is -0.354. The average Bonchev–Trinajstić information content (AvgIpc) is 3.29. The average molecular weight is 472 g/mol. The van der Waals surface area contributed by atoms with Crippen LogP contribution in [0, 0.1) is 5.92 Å². The highest BCUT2D eigenvalue weighted by Gasteiger charge is 2.30. The van der Waals surface area contributed by atoms with Crippen LogP contribution in [0.2, 0.25) is 0 Å². The first-order valence-electron chi connectivity index (χ1n) is 12.4. The predicted molar refractivity (Wildman–Crippen MR) is 139 cm³/mol. The van der Waals surface area contributed by atoms with Gasteiger partial charge in [-0.1, -0.05) is 31.2 Å². The fourth-order valence-electron chi connectivity index (χ4n) is 5.15. The molecule has 1 fully saturated rings. The van der Waals surface area contributed by atoms with Gasteiger partial charge in [-0.3, -0.25) is 4.90 Å². The van der Waals surface area contributed by atoms with Crippen molar-refractivity contribution in [3.8, 4) is 23.0 Å². The van der Waals surface area contributed by atoms with Gasteiger partial charge < -0.3 is 19.7 Å². The van der Waals surface area contributed by atoms with E-state index in [0.717, 1.165) is 58.3 Å². The van der Waals surface area contributed by atoms with Crippen molar-refractivity contribution in [1.82, 2.24) is 4.90 Å². The first-order valence-corrected chi connectivity index (χ1v) is 12.4. The Balaban J connectivity index is 1.41. The summed E-state index contributed by atoms with van der Waals surface area (Å²) in [4.78, 5) is 2.50. The Bertz CT molecular complexity index is 1230. The summed E-state index contributed by atoms with van der Waals surface area (Å²) in [5, 5.41) is 20.2. The van der Waals surface area contributed by atoms with Crippen molar-refractivity contribution in [3.63, 3.8) is 0 Å². The van der Waals surface area contributed by atoms with Crippen LogP contribution in [0.4, 0.5) is 0 Å². The van der Waals surface area contributed by atoms with Crippen LogP contribution in [-0.2, 0) is 0 Å². The molecule has 2 aliphatic heterocycles. The van der Waals surface area contributed by atoms with Gasteiger partial charge in [-0.15, -0.1) is 0 Å². The molecule has 1 saturated heterocycles. The lowest BCUT2D eigenvalue weighted by atomic mass is 9.86. The van der Waals surface area contributed by atoms with E-state index in [2.05, 4.69) is 18.7 Å². The van der Waals surface area contributed by atoms with Crippen molar-refractivity contribution < 1.29 is 19.7 Å². The highest BCUT2D eigenvalue weighted by molar-refractivity contribution is 5.95. The zero-order valence-corrected chi connectivity index (χ0v) is 20.6. The topological polar surface area (TPSA) is 62.2 Å². The van der Waals surface area contributed by atoms with Gasteiger partial charge in [0, 0.05) is 23.7 Å². The Hall–Kier alpha value is -3.44.